The molecule has 0 saturated carbocycles. The number of rotatable bonds is 3. The number of hydrogen-bond donors (Lipinski definition) is 2. The van der Waals surface area contributed by atoms with Crippen LogP contribution in [0, 0.1) is 5.82 Å². The van der Waals surface area contributed by atoms with Gasteiger partial charge in [0, 0.05) is 18.8 Å². The highest BCUT2D eigenvalue weighted by Crippen LogP contribution is 2.18. The zero-order chi connectivity index (χ0) is 17.4. The van der Waals surface area contributed by atoms with Crippen LogP contribution in [0.1, 0.15) is 0 Å². The molecule has 0 bridgehead atoms. The molecule has 11 heteroatoms. The van der Waals surface area contributed by atoms with Crippen molar-refractivity contribution < 1.29 is 22.4 Å². The van der Waals surface area contributed by atoms with Crippen LogP contribution in [-0.2, 0) is 11.3 Å². The number of alkyl halides is 4. The third-order valence-corrected chi connectivity index (χ3v) is 3.75. The van der Waals surface area contributed by atoms with E-state index in [9.17, 15) is 27.2 Å². The minimum absolute atomic E-state index is 0.159. The van der Waals surface area contributed by atoms with Gasteiger partial charge in [0.1, 0.15) is 18.2 Å². The summed E-state index contributed by atoms with van der Waals surface area (Å²) in [6.45, 7) is -1.43. The van der Waals surface area contributed by atoms with E-state index in [1.54, 1.807) is 7.05 Å². The normalized spacial score (nSPS) is 22.3. The second-order valence-corrected chi connectivity index (χ2v) is 5.45. The van der Waals surface area contributed by atoms with E-state index < -0.39 is 41.7 Å². The Labute approximate surface area is 133 Å². The summed E-state index contributed by atoms with van der Waals surface area (Å²) in [7, 11) is 1.58. The molecule has 2 N–H and O–H groups in total. The number of carbonyl (C=O) groups excluding carboxylic acids is 1. The van der Waals surface area contributed by atoms with Gasteiger partial charge in [0.05, 0.1) is 5.69 Å². The summed E-state index contributed by atoms with van der Waals surface area (Å²) < 4.78 is 50.8. The van der Waals surface area contributed by atoms with Crippen molar-refractivity contribution in [1.82, 2.24) is 14.8 Å². The molecule has 1 aromatic heterocycles. The standard InChI is InChI=1S/C12H13ClF4N4O2/c1-20-8(3-18-11(20)13)9(22)19-6-2-7(14)10(23)21(4-6)5-12(15,16)17/h2,4,8,11,18H,3,5H2,1H3,(H,19,22). The minimum atomic E-state index is -4.69. The first-order valence-electron chi connectivity index (χ1n) is 6.45. The Hall–Kier alpha value is -1.65. The Balaban J connectivity index is 2.20. The number of likely N-dealkylation sites (N-methyl/N-ethyl adjacent to an activating group) is 1. The first kappa shape index (κ1) is 17.7. The van der Waals surface area contributed by atoms with Crippen molar-refractivity contribution in [3.05, 3.63) is 28.4 Å². The van der Waals surface area contributed by atoms with Crippen LogP contribution in [0.15, 0.2) is 17.1 Å². The molecule has 1 saturated heterocycles. The second-order valence-electron chi connectivity index (χ2n) is 5.04. The number of nitrogens with zero attached hydrogens (tertiary/aromatic N) is 2. The van der Waals surface area contributed by atoms with Crippen molar-refractivity contribution in [3.8, 4) is 0 Å². The smallest absolute Gasteiger partial charge is 0.323 e. The molecule has 1 aromatic rings. The average Bonchev–Trinajstić information content (AvgIpc) is 2.74. The molecule has 1 aliphatic heterocycles. The van der Waals surface area contributed by atoms with Gasteiger partial charge < -0.3 is 9.88 Å². The summed E-state index contributed by atoms with van der Waals surface area (Å²) in [5.74, 6) is -1.97. The third-order valence-electron chi connectivity index (χ3n) is 3.29. The average molecular weight is 357 g/mol. The van der Waals surface area contributed by atoms with Crippen LogP contribution in [0.2, 0.25) is 0 Å². The van der Waals surface area contributed by atoms with E-state index in [1.807, 2.05) is 0 Å². The van der Waals surface area contributed by atoms with Crippen LogP contribution in [0.3, 0.4) is 0 Å². The Morgan fingerprint density at radius 2 is 2.17 bits per heavy atom. The molecule has 0 spiro atoms. The Kier molecular flexibility index (Phi) is 4.97. The fourth-order valence-corrected chi connectivity index (χ4v) is 2.36. The predicted molar refractivity (Wildman–Crippen MR) is 74.5 cm³/mol. The SMILES string of the molecule is CN1C(Cl)NCC1C(=O)Nc1cc(F)c(=O)n(CC(F)(F)F)c1. The summed E-state index contributed by atoms with van der Waals surface area (Å²) >= 11 is 5.85. The molecule has 0 aromatic carbocycles. The Bertz CT molecular complexity index is 663. The van der Waals surface area contributed by atoms with Gasteiger partial charge in [-0.2, -0.15) is 13.2 Å². The Morgan fingerprint density at radius 1 is 1.52 bits per heavy atom. The first-order valence-corrected chi connectivity index (χ1v) is 6.89. The van der Waals surface area contributed by atoms with Gasteiger partial charge in [-0.15, -0.1) is 0 Å². The number of anilines is 1. The number of carbonyl (C=O) groups is 1. The van der Waals surface area contributed by atoms with Crippen LogP contribution in [0.25, 0.3) is 0 Å². The lowest BCUT2D eigenvalue weighted by Crippen LogP contribution is -2.41. The molecule has 128 valence electrons. The van der Waals surface area contributed by atoms with Crippen molar-refractivity contribution in [2.45, 2.75) is 24.4 Å². The van der Waals surface area contributed by atoms with Gasteiger partial charge >= 0.3 is 6.18 Å². The molecular weight excluding hydrogens is 344 g/mol. The lowest BCUT2D eigenvalue weighted by molar-refractivity contribution is -0.141. The van der Waals surface area contributed by atoms with E-state index in [-0.39, 0.29) is 16.8 Å². The highest BCUT2D eigenvalue weighted by molar-refractivity contribution is 6.20. The van der Waals surface area contributed by atoms with E-state index in [0.29, 0.717) is 6.07 Å². The molecule has 2 rings (SSSR count). The lowest BCUT2D eigenvalue weighted by Gasteiger charge is -2.20. The quantitative estimate of drug-likeness (QED) is 0.480. The maximum atomic E-state index is 13.5. The second kappa shape index (κ2) is 6.46. The maximum Gasteiger partial charge on any atom is 0.406 e. The van der Waals surface area contributed by atoms with Gasteiger partial charge in [0.15, 0.2) is 5.82 Å². The van der Waals surface area contributed by atoms with Gasteiger partial charge in [-0.25, -0.2) is 4.39 Å². The van der Waals surface area contributed by atoms with Crippen molar-refractivity contribution in [3.63, 3.8) is 0 Å². The van der Waals surface area contributed by atoms with Gasteiger partial charge in [0.2, 0.25) is 5.91 Å². The minimum Gasteiger partial charge on any atom is -0.323 e. The molecule has 1 fully saturated rings. The number of aromatic nitrogens is 1. The number of nitrogens with one attached hydrogen (secondary N) is 2. The summed E-state index contributed by atoms with van der Waals surface area (Å²) in [5.41, 5.74) is -2.23. The lowest BCUT2D eigenvalue weighted by atomic mass is 10.2. The van der Waals surface area contributed by atoms with Crippen molar-refractivity contribution in [2.24, 2.45) is 0 Å². The van der Waals surface area contributed by atoms with Crippen LogP contribution in [0.5, 0.6) is 0 Å². The number of amides is 1. The fraction of sp³-hybridized carbons (Fsp3) is 0.500. The number of halogens is 5. The van der Waals surface area contributed by atoms with Gasteiger partial charge in [-0.3, -0.25) is 19.8 Å². The van der Waals surface area contributed by atoms with Gasteiger partial charge in [-0.05, 0) is 7.05 Å². The third kappa shape index (κ3) is 4.21. The molecule has 0 radical (unpaired) electrons. The van der Waals surface area contributed by atoms with Crippen LogP contribution in [0.4, 0.5) is 23.2 Å². The Morgan fingerprint density at radius 3 is 2.70 bits per heavy atom. The van der Waals surface area contributed by atoms with E-state index in [1.165, 1.54) is 4.90 Å². The van der Waals surface area contributed by atoms with Gasteiger partial charge in [-0.1, -0.05) is 11.6 Å². The predicted octanol–water partition coefficient (Wildman–Crippen LogP) is 0.914. The number of hydrogen-bond acceptors (Lipinski definition) is 4. The molecule has 2 heterocycles. The molecule has 1 amide bonds. The fourth-order valence-electron chi connectivity index (χ4n) is 2.14. The summed E-state index contributed by atoms with van der Waals surface area (Å²) in [5, 5.41) is 5.08. The zero-order valence-electron chi connectivity index (χ0n) is 11.8. The first-order chi connectivity index (χ1) is 10.6. The monoisotopic (exact) mass is 356 g/mol. The number of pyridine rings is 1. The molecule has 1 aliphatic rings. The molecule has 6 nitrogen and oxygen atoms in total. The van der Waals surface area contributed by atoms with Gasteiger partial charge in [0.25, 0.3) is 5.56 Å². The zero-order valence-corrected chi connectivity index (χ0v) is 12.6. The summed E-state index contributed by atoms with van der Waals surface area (Å²) in [6.07, 6.45) is -3.95. The van der Waals surface area contributed by atoms with Crippen molar-refractivity contribution in [1.29, 1.82) is 0 Å². The molecule has 23 heavy (non-hydrogen) atoms. The van der Waals surface area contributed by atoms with Crippen LogP contribution < -0.4 is 16.2 Å². The summed E-state index contributed by atoms with van der Waals surface area (Å²) in [6, 6.07) is -0.00299. The largest absolute Gasteiger partial charge is 0.406 e. The van der Waals surface area contributed by atoms with E-state index in [4.69, 9.17) is 11.6 Å². The van der Waals surface area contributed by atoms with Crippen LogP contribution >= 0.6 is 11.6 Å². The highest BCUT2D eigenvalue weighted by Gasteiger charge is 2.34. The maximum absolute atomic E-state index is 13.5. The molecule has 2 atom stereocenters. The summed E-state index contributed by atoms with van der Waals surface area (Å²) in [4.78, 5) is 25.0. The van der Waals surface area contributed by atoms with Crippen molar-refractivity contribution >= 4 is 23.2 Å². The van der Waals surface area contributed by atoms with E-state index >= 15 is 0 Å². The van der Waals surface area contributed by atoms with Crippen LogP contribution in [-0.4, -0.2) is 46.8 Å². The van der Waals surface area contributed by atoms with Crippen molar-refractivity contribution in [2.75, 3.05) is 18.9 Å². The van der Waals surface area contributed by atoms with E-state index in [0.717, 1.165) is 6.20 Å². The molecule has 0 aliphatic carbocycles. The molecule has 2 unspecified atom stereocenters. The topological polar surface area (TPSA) is 66.4 Å². The molecular formula is C12H13ClF4N4O2. The van der Waals surface area contributed by atoms with E-state index in [2.05, 4.69) is 10.6 Å². The highest BCUT2D eigenvalue weighted by atomic mass is 35.5.